The molecule has 1 heterocycles. The summed E-state index contributed by atoms with van der Waals surface area (Å²) in [5.74, 6) is 0. The molecule has 4 aromatic carbocycles. The molecule has 1 aliphatic heterocycles. The molecule has 8 heteroatoms. The third-order valence-corrected chi connectivity index (χ3v) is 7.92. The highest BCUT2D eigenvalue weighted by Crippen LogP contribution is 2.38. The van der Waals surface area contributed by atoms with Crippen molar-refractivity contribution in [1.82, 2.24) is 0 Å². The monoisotopic (exact) mass is 567 g/mol. The van der Waals surface area contributed by atoms with Crippen LogP contribution in [0.15, 0.2) is 131 Å². The third-order valence-electron chi connectivity index (χ3n) is 6.77. The Labute approximate surface area is 245 Å². The fraction of sp³-hybridized carbons (Fsp3) is 0.273. The number of azide groups is 1. The summed E-state index contributed by atoms with van der Waals surface area (Å²) < 4.78 is 26.5. The van der Waals surface area contributed by atoms with Crippen LogP contribution in [0.25, 0.3) is 10.4 Å². The van der Waals surface area contributed by atoms with Crippen LogP contribution in [0.3, 0.4) is 0 Å². The van der Waals surface area contributed by atoms with Crippen LogP contribution in [0.4, 0.5) is 0 Å². The van der Waals surface area contributed by atoms with Crippen LogP contribution in [0.1, 0.15) is 16.7 Å². The Bertz CT molecular complexity index is 1360. The Morgan fingerprint density at radius 2 is 1.05 bits per heavy atom. The normalized spacial score (nSPS) is 22.1. The molecule has 5 atom stereocenters. The number of hydrogen-bond donors (Lipinski definition) is 0. The summed E-state index contributed by atoms with van der Waals surface area (Å²) in [4.78, 5) is 4.06. The first kappa shape index (κ1) is 28.9. The summed E-state index contributed by atoms with van der Waals surface area (Å²) in [6, 6.07) is 40.1. The lowest BCUT2D eigenvalue weighted by molar-refractivity contribution is -0.244. The van der Waals surface area contributed by atoms with Gasteiger partial charge in [-0.05, 0) is 34.4 Å². The van der Waals surface area contributed by atoms with Crippen molar-refractivity contribution in [2.45, 2.75) is 54.6 Å². The minimum atomic E-state index is -0.544. The van der Waals surface area contributed by atoms with Crippen LogP contribution >= 0.6 is 11.8 Å². The molecule has 0 saturated carbocycles. The van der Waals surface area contributed by atoms with E-state index in [4.69, 9.17) is 18.9 Å². The van der Waals surface area contributed by atoms with Gasteiger partial charge in [0.15, 0.2) is 0 Å². The van der Waals surface area contributed by atoms with Crippen molar-refractivity contribution >= 4 is 11.8 Å². The molecule has 0 aromatic heterocycles. The van der Waals surface area contributed by atoms with Gasteiger partial charge >= 0.3 is 0 Å². The average Bonchev–Trinajstić information content (AvgIpc) is 3.03. The van der Waals surface area contributed by atoms with Crippen LogP contribution in [0.2, 0.25) is 0 Å². The predicted molar refractivity (Wildman–Crippen MR) is 160 cm³/mol. The summed E-state index contributed by atoms with van der Waals surface area (Å²) in [6.07, 6.45) is -2.06. The zero-order valence-corrected chi connectivity index (χ0v) is 23.5. The standard InChI is InChI=1S/C33H33N3O4S/c34-36-35-21-29-30(37-22-25-13-5-1-6-14-25)31(38-23-26-15-7-2-8-16-26)32(39-24-27-17-9-3-10-18-27)33(40-29)41-28-19-11-4-12-20-28/h1-20,29-33H,21-24H2. The van der Waals surface area contributed by atoms with E-state index in [1.807, 2.05) is 121 Å². The Morgan fingerprint density at radius 3 is 1.54 bits per heavy atom. The van der Waals surface area contributed by atoms with Gasteiger partial charge in [0.25, 0.3) is 0 Å². The second-order valence-electron chi connectivity index (χ2n) is 9.67. The summed E-state index contributed by atoms with van der Waals surface area (Å²) in [6.45, 7) is 1.23. The Hall–Kier alpha value is -3.62. The predicted octanol–water partition coefficient (Wildman–Crippen LogP) is 7.57. The van der Waals surface area contributed by atoms with Crippen molar-refractivity contribution in [3.05, 3.63) is 148 Å². The minimum absolute atomic E-state index is 0.110. The molecule has 1 aliphatic rings. The van der Waals surface area contributed by atoms with E-state index in [2.05, 4.69) is 10.0 Å². The number of nitrogens with zero attached hydrogens (tertiary/aromatic N) is 3. The van der Waals surface area contributed by atoms with E-state index in [1.54, 1.807) is 11.8 Å². The largest absolute Gasteiger partial charge is 0.368 e. The second kappa shape index (κ2) is 15.4. The van der Waals surface area contributed by atoms with Gasteiger partial charge in [-0.3, -0.25) is 0 Å². The fourth-order valence-electron chi connectivity index (χ4n) is 4.74. The van der Waals surface area contributed by atoms with E-state index in [0.29, 0.717) is 19.8 Å². The summed E-state index contributed by atoms with van der Waals surface area (Å²) >= 11 is 1.57. The smallest absolute Gasteiger partial charge is 0.136 e. The lowest BCUT2D eigenvalue weighted by atomic mass is 9.98. The van der Waals surface area contributed by atoms with Crippen LogP contribution in [0.5, 0.6) is 0 Å². The minimum Gasteiger partial charge on any atom is -0.368 e. The highest BCUT2D eigenvalue weighted by Gasteiger charge is 2.48. The van der Waals surface area contributed by atoms with Gasteiger partial charge in [-0.15, -0.1) is 0 Å². The van der Waals surface area contributed by atoms with E-state index >= 15 is 0 Å². The van der Waals surface area contributed by atoms with E-state index in [0.717, 1.165) is 21.6 Å². The molecule has 41 heavy (non-hydrogen) atoms. The summed E-state index contributed by atoms with van der Waals surface area (Å²) in [5.41, 5.74) is 11.9. The molecule has 5 unspecified atom stereocenters. The summed E-state index contributed by atoms with van der Waals surface area (Å²) in [7, 11) is 0. The Balaban J connectivity index is 1.47. The highest BCUT2D eigenvalue weighted by molar-refractivity contribution is 7.99. The van der Waals surface area contributed by atoms with E-state index in [1.165, 1.54) is 0 Å². The van der Waals surface area contributed by atoms with E-state index in [9.17, 15) is 5.53 Å². The number of rotatable bonds is 13. The number of benzene rings is 4. The average molecular weight is 568 g/mol. The zero-order chi connectivity index (χ0) is 28.1. The van der Waals surface area contributed by atoms with Crippen LogP contribution in [0, 0.1) is 0 Å². The van der Waals surface area contributed by atoms with E-state index in [-0.39, 0.29) is 6.54 Å². The quantitative estimate of drug-likeness (QED) is 0.0945. The number of ether oxygens (including phenoxy) is 4. The SMILES string of the molecule is [N-]=[N+]=NCC1OC(Sc2ccccc2)C(OCc2ccccc2)C(OCc2ccccc2)C1OCc1ccccc1. The van der Waals surface area contributed by atoms with Gasteiger partial charge in [0.1, 0.15) is 23.7 Å². The number of hydrogen-bond acceptors (Lipinski definition) is 6. The van der Waals surface area contributed by atoms with Gasteiger partial charge in [-0.2, -0.15) is 0 Å². The topological polar surface area (TPSA) is 85.7 Å². The van der Waals surface area contributed by atoms with Crippen molar-refractivity contribution in [3.63, 3.8) is 0 Å². The maximum atomic E-state index is 9.17. The van der Waals surface area contributed by atoms with Crippen LogP contribution < -0.4 is 0 Å². The van der Waals surface area contributed by atoms with Crippen molar-refractivity contribution < 1.29 is 18.9 Å². The molecule has 0 bridgehead atoms. The molecule has 0 radical (unpaired) electrons. The van der Waals surface area contributed by atoms with Crippen LogP contribution in [-0.2, 0) is 38.8 Å². The molecular weight excluding hydrogens is 534 g/mol. The maximum absolute atomic E-state index is 9.17. The van der Waals surface area contributed by atoms with Crippen molar-refractivity contribution in [2.24, 2.45) is 5.11 Å². The molecule has 1 fully saturated rings. The van der Waals surface area contributed by atoms with Crippen molar-refractivity contribution in [1.29, 1.82) is 0 Å². The van der Waals surface area contributed by atoms with Gasteiger partial charge in [-0.1, -0.05) is 126 Å². The maximum Gasteiger partial charge on any atom is 0.136 e. The van der Waals surface area contributed by atoms with Gasteiger partial charge in [-0.25, -0.2) is 0 Å². The number of thioether (sulfide) groups is 1. The van der Waals surface area contributed by atoms with Gasteiger partial charge < -0.3 is 18.9 Å². The van der Waals surface area contributed by atoms with Gasteiger partial charge in [0.05, 0.1) is 32.5 Å². The molecule has 7 nitrogen and oxygen atoms in total. The lowest BCUT2D eigenvalue weighted by Crippen LogP contribution is -2.60. The summed E-state index contributed by atoms with van der Waals surface area (Å²) in [5, 5.41) is 3.88. The Kier molecular flexibility index (Phi) is 10.9. The first-order valence-corrected chi connectivity index (χ1v) is 14.5. The first-order chi connectivity index (χ1) is 20.3. The van der Waals surface area contributed by atoms with Crippen molar-refractivity contribution in [3.8, 4) is 0 Å². The highest BCUT2D eigenvalue weighted by atomic mass is 32.2. The first-order valence-electron chi connectivity index (χ1n) is 13.6. The van der Waals surface area contributed by atoms with Crippen molar-refractivity contribution in [2.75, 3.05) is 6.54 Å². The molecule has 1 saturated heterocycles. The second-order valence-corrected chi connectivity index (χ2v) is 10.8. The van der Waals surface area contributed by atoms with Gasteiger partial charge in [0, 0.05) is 9.81 Å². The van der Waals surface area contributed by atoms with Gasteiger partial charge in [0.2, 0.25) is 0 Å². The molecule has 0 N–H and O–H groups in total. The third kappa shape index (κ3) is 8.44. The molecule has 0 amide bonds. The molecular formula is C33H33N3O4S. The molecule has 210 valence electrons. The Morgan fingerprint density at radius 1 is 0.610 bits per heavy atom. The molecule has 0 spiro atoms. The fourth-order valence-corrected chi connectivity index (χ4v) is 5.89. The zero-order valence-electron chi connectivity index (χ0n) is 22.6. The van der Waals surface area contributed by atoms with Crippen LogP contribution in [-0.4, -0.2) is 36.4 Å². The molecule has 0 aliphatic carbocycles. The van der Waals surface area contributed by atoms with E-state index < -0.39 is 29.9 Å². The molecule has 4 aromatic rings. The lowest BCUT2D eigenvalue weighted by Gasteiger charge is -2.46. The molecule has 5 rings (SSSR count).